The van der Waals surface area contributed by atoms with Gasteiger partial charge >= 0.3 is 0 Å². The van der Waals surface area contributed by atoms with Gasteiger partial charge in [-0.05, 0) is 18.6 Å². The zero-order valence-corrected chi connectivity index (χ0v) is 15.2. The van der Waals surface area contributed by atoms with Crippen LogP contribution in [-0.2, 0) is 4.79 Å². The third-order valence-corrected chi connectivity index (χ3v) is 3.91. The van der Waals surface area contributed by atoms with Crippen molar-refractivity contribution in [1.82, 2.24) is 16.0 Å². The van der Waals surface area contributed by atoms with Gasteiger partial charge in [0.05, 0.1) is 6.04 Å². The van der Waals surface area contributed by atoms with Crippen molar-refractivity contribution >= 4 is 27.8 Å². The van der Waals surface area contributed by atoms with Crippen molar-refractivity contribution in [3.63, 3.8) is 0 Å². The summed E-state index contributed by atoms with van der Waals surface area (Å²) in [7, 11) is 1.73. The summed E-state index contributed by atoms with van der Waals surface area (Å²) in [5.74, 6) is 0.779. The van der Waals surface area contributed by atoms with Crippen molar-refractivity contribution in [3.8, 4) is 0 Å². The van der Waals surface area contributed by atoms with Crippen molar-refractivity contribution in [1.29, 1.82) is 0 Å². The molecular weight excluding hydrogens is 344 g/mol. The first-order chi connectivity index (χ1) is 10.5. The Kier molecular flexibility index (Phi) is 7.95. The van der Waals surface area contributed by atoms with Crippen molar-refractivity contribution in [3.05, 3.63) is 34.3 Å². The second-order valence-corrected chi connectivity index (χ2v) is 6.19. The Labute approximate surface area is 141 Å². The van der Waals surface area contributed by atoms with Crippen LogP contribution in [0.15, 0.2) is 33.7 Å². The van der Waals surface area contributed by atoms with Crippen LogP contribution in [0.5, 0.6) is 0 Å². The maximum Gasteiger partial charge on any atom is 0.222 e. The summed E-state index contributed by atoms with van der Waals surface area (Å²) in [5, 5.41) is 9.39. The van der Waals surface area contributed by atoms with Gasteiger partial charge in [0.1, 0.15) is 0 Å². The number of rotatable bonds is 6. The monoisotopic (exact) mass is 368 g/mol. The molecule has 1 atom stereocenters. The van der Waals surface area contributed by atoms with Crippen LogP contribution in [0.4, 0.5) is 0 Å². The summed E-state index contributed by atoms with van der Waals surface area (Å²) < 4.78 is 1.06. The van der Waals surface area contributed by atoms with Gasteiger partial charge in [-0.2, -0.15) is 0 Å². The molecule has 1 amide bonds. The summed E-state index contributed by atoms with van der Waals surface area (Å²) in [6, 6.07) is 8.20. The Bertz CT molecular complexity index is 517. The molecule has 5 nitrogen and oxygen atoms in total. The van der Waals surface area contributed by atoms with E-state index >= 15 is 0 Å². The third kappa shape index (κ3) is 6.05. The molecule has 0 saturated carbocycles. The molecule has 0 aliphatic rings. The molecule has 0 aliphatic heterocycles. The molecule has 0 bridgehead atoms. The Morgan fingerprint density at radius 2 is 1.82 bits per heavy atom. The molecule has 6 heteroatoms. The molecule has 1 unspecified atom stereocenters. The summed E-state index contributed by atoms with van der Waals surface area (Å²) in [4.78, 5) is 15.7. The molecule has 1 aromatic carbocycles. The average molecular weight is 369 g/mol. The second kappa shape index (κ2) is 9.46. The lowest BCUT2D eigenvalue weighted by atomic mass is 10.1. The number of hydrogen-bond acceptors (Lipinski definition) is 2. The highest BCUT2D eigenvalue weighted by atomic mass is 79.9. The number of benzene rings is 1. The number of halogens is 1. The molecule has 0 fully saturated rings. The van der Waals surface area contributed by atoms with E-state index in [1.165, 1.54) is 5.56 Å². The highest BCUT2D eigenvalue weighted by Crippen LogP contribution is 2.22. The van der Waals surface area contributed by atoms with E-state index in [9.17, 15) is 4.79 Å². The van der Waals surface area contributed by atoms with Crippen LogP contribution in [0.1, 0.15) is 32.4 Å². The van der Waals surface area contributed by atoms with Crippen LogP contribution in [0, 0.1) is 5.92 Å². The first-order valence-electron chi connectivity index (χ1n) is 7.45. The first-order valence-corrected chi connectivity index (χ1v) is 8.24. The lowest BCUT2D eigenvalue weighted by Crippen LogP contribution is -2.42. The normalized spacial score (nSPS) is 12.9. The molecule has 0 spiro atoms. The quantitative estimate of drug-likeness (QED) is 0.410. The molecule has 3 N–H and O–H groups in total. The van der Waals surface area contributed by atoms with Gasteiger partial charge in [-0.15, -0.1) is 0 Å². The second-order valence-electron chi connectivity index (χ2n) is 5.33. The minimum absolute atomic E-state index is 0.00731. The molecule has 0 radical (unpaired) electrons. The van der Waals surface area contributed by atoms with E-state index in [-0.39, 0.29) is 17.9 Å². The van der Waals surface area contributed by atoms with Gasteiger partial charge in [0.25, 0.3) is 0 Å². The lowest BCUT2D eigenvalue weighted by Gasteiger charge is -2.19. The summed E-state index contributed by atoms with van der Waals surface area (Å²) in [6.07, 6.45) is 0. The topological polar surface area (TPSA) is 65.5 Å². The molecule has 122 valence electrons. The van der Waals surface area contributed by atoms with Gasteiger partial charge in [-0.3, -0.25) is 9.79 Å². The van der Waals surface area contributed by atoms with Crippen LogP contribution >= 0.6 is 15.9 Å². The van der Waals surface area contributed by atoms with Gasteiger partial charge in [-0.1, -0.05) is 48.0 Å². The van der Waals surface area contributed by atoms with Gasteiger partial charge in [0, 0.05) is 30.5 Å². The van der Waals surface area contributed by atoms with Crippen LogP contribution in [0.25, 0.3) is 0 Å². The van der Waals surface area contributed by atoms with E-state index in [1.54, 1.807) is 7.05 Å². The number of carbonyl (C=O) groups is 1. The fourth-order valence-electron chi connectivity index (χ4n) is 1.87. The Hall–Kier alpha value is -1.56. The van der Waals surface area contributed by atoms with Gasteiger partial charge < -0.3 is 16.0 Å². The van der Waals surface area contributed by atoms with E-state index in [1.807, 2.05) is 32.0 Å². The molecule has 0 saturated heterocycles. The van der Waals surface area contributed by atoms with E-state index in [0.717, 1.165) is 4.47 Å². The molecule has 1 rings (SSSR count). The number of hydrogen-bond donors (Lipinski definition) is 3. The van der Waals surface area contributed by atoms with E-state index in [4.69, 9.17) is 0 Å². The summed E-state index contributed by atoms with van der Waals surface area (Å²) in [6.45, 7) is 7.03. The predicted molar refractivity (Wildman–Crippen MR) is 94.9 cm³/mol. The SMILES string of the molecule is CN=C(NCCNC(=O)C(C)C)NC(C)c1ccccc1Br. The fraction of sp³-hybridized carbons (Fsp3) is 0.500. The summed E-state index contributed by atoms with van der Waals surface area (Å²) >= 11 is 3.55. The molecule has 0 aliphatic carbocycles. The minimum Gasteiger partial charge on any atom is -0.355 e. The number of nitrogens with zero attached hydrogens (tertiary/aromatic N) is 1. The van der Waals surface area contributed by atoms with Gasteiger partial charge in [-0.25, -0.2) is 0 Å². The highest BCUT2D eigenvalue weighted by Gasteiger charge is 2.10. The maximum atomic E-state index is 11.5. The van der Waals surface area contributed by atoms with Crippen molar-refractivity contribution in [2.45, 2.75) is 26.8 Å². The molecular formula is C16H25BrN4O. The number of nitrogens with one attached hydrogen (secondary N) is 3. The molecule has 0 heterocycles. The number of aliphatic imine (C=N–C) groups is 1. The van der Waals surface area contributed by atoms with Crippen LogP contribution in [0.3, 0.4) is 0 Å². The number of amides is 1. The van der Waals surface area contributed by atoms with Crippen molar-refractivity contribution in [2.24, 2.45) is 10.9 Å². The zero-order chi connectivity index (χ0) is 16.5. The highest BCUT2D eigenvalue weighted by molar-refractivity contribution is 9.10. The third-order valence-electron chi connectivity index (χ3n) is 3.19. The predicted octanol–water partition coefficient (Wildman–Crippen LogP) is 2.45. The van der Waals surface area contributed by atoms with Crippen LogP contribution < -0.4 is 16.0 Å². The Morgan fingerprint density at radius 1 is 1.18 bits per heavy atom. The number of guanidine groups is 1. The van der Waals surface area contributed by atoms with E-state index in [0.29, 0.717) is 19.0 Å². The van der Waals surface area contributed by atoms with Gasteiger partial charge in [0.15, 0.2) is 5.96 Å². The maximum absolute atomic E-state index is 11.5. The van der Waals surface area contributed by atoms with Crippen LogP contribution in [0.2, 0.25) is 0 Å². The van der Waals surface area contributed by atoms with E-state index < -0.39 is 0 Å². The average Bonchev–Trinajstić information content (AvgIpc) is 2.50. The van der Waals surface area contributed by atoms with Crippen LogP contribution in [-0.4, -0.2) is 32.0 Å². The summed E-state index contributed by atoms with van der Waals surface area (Å²) in [5.41, 5.74) is 1.17. The smallest absolute Gasteiger partial charge is 0.222 e. The zero-order valence-electron chi connectivity index (χ0n) is 13.6. The number of carbonyl (C=O) groups excluding carboxylic acids is 1. The van der Waals surface area contributed by atoms with E-state index in [2.05, 4.69) is 49.9 Å². The van der Waals surface area contributed by atoms with Crippen molar-refractivity contribution in [2.75, 3.05) is 20.1 Å². The lowest BCUT2D eigenvalue weighted by molar-refractivity contribution is -0.123. The van der Waals surface area contributed by atoms with Gasteiger partial charge in [0.2, 0.25) is 5.91 Å². The minimum atomic E-state index is 0.00731. The molecule has 22 heavy (non-hydrogen) atoms. The molecule has 0 aromatic heterocycles. The molecule has 1 aromatic rings. The Balaban J connectivity index is 2.43. The standard InChI is InChI=1S/C16H25BrN4O/c1-11(2)15(22)19-9-10-20-16(18-4)21-12(3)13-7-5-6-8-14(13)17/h5-8,11-12H,9-10H2,1-4H3,(H,19,22)(H2,18,20,21). The van der Waals surface area contributed by atoms with Crippen molar-refractivity contribution < 1.29 is 4.79 Å². The Morgan fingerprint density at radius 3 is 2.41 bits per heavy atom. The largest absolute Gasteiger partial charge is 0.355 e. The first kappa shape index (κ1) is 18.5. The fourth-order valence-corrected chi connectivity index (χ4v) is 2.50.